The van der Waals surface area contributed by atoms with E-state index in [1.807, 2.05) is 24.3 Å². The van der Waals surface area contributed by atoms with E-state index in [1.54, 1.807) is 6.07 Å². The van der Waals surface area contributed by atoms with Crippen LogP contribution in [0.4, 0.5) is 4.39 Å². The maximum absolute atomic E-state index is 13.7. The molecule has 0 unspecified atom stereocenters. The molecule has 21 heavy (non-hydrogen) atoms. The summed E-state index contributed by atoms with van der Waals surface area (Å²) in [5, 5.41) is 0. The smallest absolute Gasteiger partial charge is 0.161 e. The van der Waals surface area contributed by atoms with Gasteiger partial charge in [-0.05, 0) is 53.3 Å². The fourth-order valence-electron chi connectivity index (χ4n) is 2.65. The first-order chi connectivity index (χ1) is 10.1. The quantitative estimate of drug-likeness (QED) is 0.829. The Bertz CT molecular complexity index is 650. The van der Waals surface area contributed by atoms with E-state index in [-0.39, 0.29) is 5.82 Å². The molecule has 0 aliphatic carbocycles. The van der Waals surface area contributed by atoms with Gasteiger partial charge in [-0.2, -0.15) is 0 Å². The van der Waals surface area contributed by atoms with Crippen LogP contribution in [0.2, 0.25) is 0 Å². The normalized spacial score (nSPS) is 13.5. The van der Waals surface area contributed by atoms with Crippen LogP contribution in [0.25, 0.3) is 11.1 Å². The minimum atomic E-state index is -0.215. The van der Waals surface area contributed by atoms with Crippen molar-refractivity contribution < 1.29 is 13.9 Å². The van der Waals surface area contributed by atoms with Crippen LogP contribution in [0.15, 0.2) is 36.4 Å². The van der Waals surface area contributed by atoms with Gasteiger partial charge in [-0.15, -0.1) is 0 Å². The molecule has 0 fully saturated rings. The summed E-state index contributed by atoms with van der Waals surface area (Å²) in [6, 6.07) is 10.8. The molecule has 3 rings (SSSR count). The topological polar surface area (TPSA) is 18.5 Å². The first-order valence-corrected chi connectivity index (χ1v) is 7.32. The third-order valence-electron chi connectivity index (χ3n) is 3.55. The number of halogens is 1. The highest BCUT2D eigenvalue weighted by Crippen LogP contribution is 2.36. The van der Waals surface area contributed by atoms with Crippen LogP contribution in [0.3, 0.4) is 0 Å². The molecule has 2 nitrogen and oxygen atoms in total. The molecule has 0 radical (unpaired) electrons. The standard InChI is InChI=1S/C18H19FO2/c1-12(2)9-13-3-5-15(19)11-16(13)14-4-6-17-18(10-14)21-8-7-20-17/h3-6,10-12H,7-9H2,1-2H3. The van der Waals surface area contributed by atoms with Crippen LogP contribution >= 0.6 is 0 Å². The average Bonchev–Trinajstić information content (AvgIpc) is 2.48. The zero-order valence-electron chi connectivity index (χ0n) is 12.4. The summed E-state index contributed by atoms with van der Waals surface area (Å²) in [5.74, 6) is 1.80. The van der Waals surface area contributed by atoms with Gasteiger partial charge in [-0.3, -0.25) is 0 Å². The van der Waals surface area contributed by atoms with E-state index in [4.69, 9.17) is 9.47 Å². The van der Waals surface area contributed by atoms with Crippen molar-refractivity contribution >= 4 is 0 Å². The summed E-state index contributed by atoms with van der Waals surface area (Å²) in [4.78, 5) is 0. The predicted molar refractivity (Wildman–Crippen MR) is 81.4 cm³/mol. The van der Waals surface area contributed by atoms with Gasteiger partial charge in [-0.1, -0.05) is 26.0 Å². The number of benzene rings is 2. The van der Waals surface area contributed by atoms with E-state index in [9.17, 15) is 4.39 Å². The van der Waals surface area contributed by atoms with Crippen LogP contribution in [0.5, 0.6) is 11.5 Å². The largest absolute Gasteiger partial charge is 0.486 e. The van der Waals surface area contributed by atoms with Gasteiger partial charge in [0.1, 0.15) is 19.0 Å². The lowest BCUT2D eigenvalue weighted by Crippen LogP contribution is -2.15. The van der Waals surface area contributed by atoms with Gasteiger partial charge in [0.25, 0.3) is 0 Å². The third kappa shape index (κ3) is 3.02. The molecule has 0 bridgehead atoms. The second-order valence-corrected chi connectivity index (χ2v) is 5.76. The van der Waals surface area contributed by atoms with Crippen molar-refractivity contribution in [3.8, 4) is 22.6 Å². The van der Waals surface area contributed by atoms with Gasteiger partial charge in [0.05, 0.1) is 0 Å². The maximum atomic E-state index is 13.7. The van der Waals surface area contributed by atoms with E-state index in [2.05, 4.69) is 13.8 Å². The van der Waals surface area contributed by atoms with Gasteiger partial charge in [0, 0.05) is 0 Å². The highest BCUT2D eigenvalue weighted by Gasteiger charge is 2.15. The molecule has 2 aromatic carbocycles. The van der Waals surface area contributed by atoms with Crippen LogP contribution in [-0.4, -0.2) is 13.2 Å². The Hall–Kier alpha value is -2.03. The Morgan fingerprint density at radius 2 is 1.76 bits per heavy atom. The highest BCUT2D eigenvalue weighted by atomic mass is 19.1. The molecular formula is C18H19FO2. The zero-order chi connectivity index (χ0) is 14.8. The fourth-order valence-corrected chi connectivity index (χ4v) is 2.65. The van der Waals surface area contributed by atoms with Crippen molar-refractivity contribution in [3.05, 3.63) is 47.8 Å². The number of hydrogen-bond acceptors (Lipinski definition) is 2. The average molecular weight is 286 g/mol. The Labute approximate surface area is 124 Å². The van der Waals surface area contributed by atoms with Crippen LogP contribution in [0.1, 0.15) is 19.4 Å². The molecule has 110 valence electrons. The molecule has 1 aliphatic heterocycles. The molecule has 0 N–H and O–H groups in total. The Kier molecular flexibility index (Phi) is 3.82. The summed E-state index contributed by atoms with van der Waals surface area (Å²) in [7, 11) is 0. The van der Waals surface area contributed by atoms with Gasteiger partial charge >= 0.3 is 0 Å². The van der Waals surface area contributed by atoms with Crippen molar-refractivity contribution in [2.75, 3.05) is 13.2 Å². The first-order valence-electron chi connectivity index (χ1n) is 7.32. The monoisotopic (exact) mass is 286 g/mol. The van der Waals surface area contributed by atoms with Gasteiger partial charge in [0.2, 0.25) is 0 Å². The van der Waals surface area contributed by atoms with Crippen LogP contribution < -0.4 is 9.47 Å². The number of rotatable bonds is 3. The van der Waals surface area contributed by atoms with Crippen molar-refractivity contribution in [2.45, 2.75) is 20.3 Å². The molecular weight excluding hydrogens is 267 g/mol. The summed E-state index contributed by atoms with van der Waals surface area (Å²) in [6.07, 6.45) is 0.921. The molecule has 0 saturated carbocycles. The summed E-state index contributed by atoms with van der Waals surface area (Å²) < 4.78 is 24.8. The fraction of sp³-hybridized carbons (Fsp3) is 0.333. The van der Waals surface area contributed by atoms with Crippen molar-refractivity contribution in [3.63, 3.8) is 0 Å². The lowest BCUT2D eigenvalue weighted by Gasteiger charge is -2.20. The molecule has 0 atom stereocenters. The SMILES string of the molecule is CC(C)Cc1ccc(F)cc1-c1ccc2c(c1)OCCO2. The predicted octanol–water partition coefficient (Wildman–Crippen LogP) is 4.46. The van der Waals surface area contributed by atoms with E-state index in [0.29, 0.717) is 19.1 Å². The Morgan fingerprint density at radius 1 is 1.00 bits per heavy atom. The lowest BCUT2D eigenvalue weighted by molar-refractivity contribution is 0.171. The number of ether oxygens (including phenoxy) is 2. The van der Waals surface area contributed by atoms with Gasteiger partial charge in [-0.25, -0.2) is 4.39 Å². The number of hydrogen-bond donors (Lipinski definition) is 0. The molecule has 1 heterocycles. The highest BCUT2D eigenvalue weighted by molar-refractivity contribution is 5.70. The zero-order valence-corrected chi connectivity index (χ0v) is 12.4. The van der Waals surface area contributed by atoms with Crippen molar-refractivity contribution in [1.82, 2.24) is 0 Å². The van der Waals surface area contributed by atoms with E-state index in [0.717, 1.165) is 34.6 Å². The maximum Gasteiger partial charge on any atom is 0.161 e. The van der Waals surface area contributed by atoms with E-state index >= 15 is 0 Å². The van der Waals surface area contributed by atoms with Crippen molar-refractivity contribution in [1.29, 1.82) is 0 Å². The molecule has 3 heteroatoms. The molecule has 2 aromatic rings. The minimum absolute atomic E-state index is 0.215. The molecule has 1 aliphatic rings. The molecule has 0 saturated heterocycles. The summed E-state index contributed by atoms with van der Waals surface area (Å²) >= 11 is 0. The second kappa shape index (κ2) is 5.76. The molecule has 0 spiro atoms. The molecule has 0 amide bonds. The van der Waals surface area contributed by atoms with E-state index < -0.39 is 0 Å². The van der Waals surface area contributed by atoms with Gasteiger partial charge < -0.3 is 9.47 Å². The van der Waals surface area contributed by atoms with Crippen molar-refractivity contribution in [2.24, 2.45) is 5.92 Å². The van der Waals surface area contributed by atoms with Crippen LogP contribution in [-0.2, 0) is 6.42 Å². The Morgan fingerprint density at radius 3 is 2.52 bits per heavy atom. The van der Waals surface area contributed by atoms with Gasteiger partial charge in [0.15, 0.2) is 11.5 Å². The Balaban J connectivity index is 2.04. The third-order valence-corrected chi connectivity index (χ3v) is 3.55. The van der Waals surface area contributed by atoms with E-state index in [1.165, 1.54) is 6.07 Å². The first kappa shape index (κ1) is 13.9. The molecule has 0 aromatic heterocycles. The minimum Gasteiger partial charge on any atom is -0.486 e. The lowest BCUT2D eigenvalue weighted by atomic mass is 9.93. The summed E-state index contributed by atoms with van der Waals surface area (Å²) in [5.41, 5.74) is 3.05. The summed E-state index contributed by atoms with van der Waals surface area (Å²) in [6.45, 7) is 5.46. The number of fused-ring (bicyclic) bond motifs is 1. The second-order valence-electron chi connectivity index (χ2n) is 5.76. The van der Waals surface area contributed by atoms with Crippen LogP contribution in [0, 0.1) is 11.7 Å².